The molecule has 1 aromatic carbocycles. The zero-order valence-corrected chi connectivity index (χ0v) is 15.4. The van der Waals surface area contributed by atoms with Crippen molar-refractivity contribution in [1.29, 1.82) is 0 Å². The van der Waals surface area contributed by atoms with Crippen LogP contribution in [0.1, 0.15) is 37.6 Å². The van der Waals surface area contributed by atoms with E-state index in [0.717, 1.165) is 15.8 Å². The topological polar surface area (TPSA) is 109 Å². The molecule has 2 N–H and O–H groups in total. The first kappa shape index (κ1) is 18.6. The third kappa shape index (κ3) is 3.30. The van der Waals surface area contributed by atoms with Crippen molar-refractivity contribution in [2.75, 3.05) is 6.54 Å². The SMILES string of the molecule is CC[C@]1(C)NC(=O)N(CC(=O)O[C@@H](C)C(=O)c2c[nH]c3ccccc23)C1=O. The number of hydrogen-bond acceptors (Lipinski definition) is 5. The summed E-state index contributed by atoms with van der Waals surface area (Å²) in [5.41, 5.74) is 0.194. The number of rotatable bonds is 6. The normalized spacial score (nSPS) is 20.6. The number of H-pyrrole nitrogens is 1. The molecular weight excluding hydrogens is 350 g/mol. The van der Waals surface area contributed by atoms with E-state index in [1.807, 2.05) is 18.2 Å². The van der Waals surface area contributed by atoms with E-state index in [9.17, 15) is 19.2 Å². The maximum absolute atomic E-state index is 12.6. The third-order valence-electron chi connectivity index (χ3n) is 4.87. The minimum Gasteiger partial charge on any atom is -0.453 e. The van der Waals surface area contributed by atoms with E-state index in [4.69, 9.17) is 4.74 Å². The molecule has 142 valence electrons. The molecule has 0 radical (unpaired) electrons. The molecule has 1 fully saturated rings. The number of carbonyl (C=O) groups excluding carboxylic acids is 4. The Morgan fingerprint density at radius 3 is 2.63 bits per heavy atom. The van der Waals surface area contributed by atoms with Crippen molar-refractivity contribution >= 4 is 34.6 Å². The lowest BCUT2D eigenvalue weighted by Gasteiger charge is -2.19. The number of hydrogen-bond donors (Lipinski definition) is 2. The Bertz CT molecular complexity index is 934. The average molecular weight is 371 g/mol. The molecule has 1 aromatic heterocycles. The molecule has 3 rings (SSSR count). The van der Waals surface area contributed by atoms with E-state index in [2.05, 4.69) is 10.3 Å². The number of Topliss-reactive ketones (excluding diaryl/α,β-unsaturated/α-hetero) is 1. The first-order valence-electron chi connectivity index (χ1n) is 8.70. The highest BCUT2D eigenvalue weighted by atomic mass is 16.5. The Morgan fingerprint density at radius 1 is 1.26 bits per heavy atom. The van der Waals surface area contributed by atoms with Gasteiger partial charge in [-0.2, -0.15) is 0 Å². The summed E-state index contributed by atoms with van der Waals surface area (Å²) in [5, 5.41) is 3.30. The number of fused-ring (bicyclic) bond motifs is 1. The van der Waals surface area contributed by atoms with Gasteiger partial charge in [0, 0.05) is 22.7 Å². The van der Waals surface area contributed by atoms with Gasteiger partial charge in [-0.05, 0) is 26.3 Å². The molecule has 8 nitrogen and oxygen atoms in total. The minimum atomic E-state index is -1.05. The van der Waals surface area contributed by atoms with Gasteiger partial charge in [-0.15, -0.1) is 0 Å². The highest BCUT2D eigenvalue weighted by Crippen LogP contribution is 2.22. The lowest BCUT2D eigenvalue weighted by molar-refractivity contribution is -0.149. The lowest BCUT2D eigenvalue weighted by Crippen LogP contribution is -2.43. The summed E-state index contributed by atoms with van der Waals surface area (Å²) in [6.45, 7) is 4.29. The largest absolute Gasteiger partial charge is 0.453 e. The van der Waals surface area contributed by atoms with Crippen LogP contribution in [0, 0.1) is 0 Å². The first-order chi connectivity index (χ1) is 12.8. The number of imide groups is 1. The van der Waals surface area contributed by atoms with Crippen LogP contribution in [0.15, 0.2) is 30.5 Å². The van der Waals surface area contributed by atoms with Crippen LogP contribution in [0.5, 0.6) is 0 Å². The Kier molecular flexibility index (Phi) is 4.73. The van der Waals surface area contributed by atoms with Crippen molar-refractivity contribution in [2.24, 2.45) is 0 Å². The Labute approximate surface area is 155 Å². The van der Waals surface area contributed by atoms with Crippen molar-refractivity contribution in [2.45, 2.75) is 38.8 Å². The van der Waals surface area contributed by atoms with Gasteiger partial charge in [0.1, 0.15) is 12.1 Å². The van der Waals surface area contributed by atoms with Crippen molar-refractivity contribution in [3.8, 4) is 0 Å². The maximum Gasteiger partial charge on any atom is 0.326 e. The Hall–Kier alpha value is -3.16. The van der Waals surface area contributed by atoms with E-state index in [1.54, 1.807) is 26.1 Å². The lowest BCUT2D eigenvalue weighted by atomic mass is 9.99. The van der Waals surface area contributed by atoms with Crippen LogP contribution in [0.3, 0.4) is 0 Å². The molecule has 2 heterocycles. The van der Waals surface area contributed by atoms with Gasteiger partial charge >= 0.3 is 12.0 Å². The summed E-state index contributed by atoms with van der Waals surface area (Å²) >= 11 is 0. The maximum atomic E-state index is 12.6. The number of urea groups is 1. The van der Waals surface area contributed by atoms with E-state index in [-0.39, 0.29) is 5.78 Å². The summed E-state index contributed by atoms with van der Waals surface area (Å²) in [6, 6.07) is 6.65. The highest BCUT2D eigenvalue weighted by molar-refractivity contribution is 6.11. The van der Waals surface area contributed by atoms with E-state index in [1.165, 1.54) is 6.92 Å². The number of carbonyl (C=O) groups is 4. The number of aromatic nitrogens is 1. The Morgan fingerprint density at radius 2 is 1.96 bits per heavy atom. The fraction of sp³-hybridized carbons (Fsp3) is 0.368. The molecule has 1 saturated heterocycles. The molecule has 8 heteroatoms. The van der Waals surface area contributed by atoms with Crippen molar-refractivity contribution < 1.29 is 23.9 Å². The first-order valence-corrected chi connectivity index (χ1v) is 8.70. The second kappa shape index (κ2) is 6.86. The van der Waals surface area contributed by atoms with Gasteiger partial charge in [-0.3, -0.25) is 19.3 Å². The fourth-order valence-corrected chi connectivity index (χ4v) is 3.04. The molecule has 0 unspecified atom stereocenters. The number of esters is 1. The van der Waals surface area contributed by atoms with Gasteiger partial charge < -0.3 is 15.0 Å². The smallest absolute Gasteiger partial charge is 0.326 e. The molecule has 0 aliphatic carbocycles. The van der Waals surface area contributed by atoms with Gasteiger partial charge in [-0.1, -0.05) is 25.1 Å². The van der Waals surface area contributed by atoms with Crippen LogP contribution in [-0.4, -0.2) is 51.8 Å². The number of nitrogens with one attached hydrogen (secondary N) is 2. The second-order valence-corrected chi connectivity index (χ2v) is 6.75. The van der Waals surface area contributed by atoms with Crippen molar-refractivity contribution in [3.05, 3.63) is 36.0 Å². The molecule has 1 aliphatic heterocycles. The number of para-hydroxylation sites is 1. The van der Waals surface area contributed by atoms with Crippen LogP contribution in [0.25, 0.3) is 10.9 Å². The number of amides is 3. The molecular formula is C19H21N3O5. The highest BCUT2D eigenvalue weighted by Gasteiger charge is 2.47. The molecule has 0 saturated carbocycles. The molecule has 27 heavy (non-hydrogen) atoms. The van der Waals surface area contributed by atoms with Crippen molar-refractivity contribution in [3.63, 3.8) is 0 Å². The second-order valence-electron chi connectivity index (χ2n) is 6.75. The number of nitrogens with zero attached hydrogens (tertiary/aromatic N) is 1. The van der Waals surface area contributed by atoms with Crippen LogP contribution >= 0.6 is 0 Å². The monoisotopic (exact) mass is 371 g/mol. The number of ketones is 1. The zero-order valence-electron chi connectivity index (χ0n) is 15.4. The summed E-state index contributed by atoms with van der Waals surface area (Å²) in [5.74, 6) is -1.67. The van der Waals surface area contributed by atoms with Gasteiger partial charge in [0.25, 0.3) is 5.91 Å². The van der Waals surface area contributed by atoms with Gasteiger partial charge in [-0.25, -0.2) is 4.79 Å². The van der Waals surface area contributed by atoms with Crippen LogP contribution in [-0.2, 0) is 14.3 Å². The molecule has 0 spiro atoms. The predicted molar refractivity (Wildman–Crippen MR) is 97.1 cm³/mol. The van der Waals surface area contributed by atoms with Crippen LogP contribution in [0.2, 0.25) is 0 Å². The van der Waals surface area contributed by atoms with Gasteiger partial charge in [0.15, 0.2) is 6.10 Å². The van der Waals surface area contributed by atoms with Gasteiger partial charge in [0.2, 0.25) is 5.78 Å². The molecule has 1 aliphatic rings. The van der Waals surface area contributed by atoms with Gasteiger partial charge in [0.05, 0.1) is 0 Å². The quantitative estimate of drug-likeness (QED) is 0.459. The number of benzene rings is 1. The summed E-state index contributed by atoms with van der Waals surface area (Å²) < 4.78 is 5.17. The Balaban J connectivity index is 1.66. The van der Waals surface area contributed by atoms with Crippen molar-refractivity contribution in [1.82, 2.24) is 15.2 Å². The average Bonchev–Trinajstić information content (AvgIpc) is 3.16. The molecule has 0 bridgehead atoms. The van der Waals surface area contributed by atoms with E-state index < -0.39 is 36.1 Å². The molecule has 2 aromatic rings. The standard InChI is InChI=1S/C19H21N3O5/c1-4-19(3)17(25)22(18(26)21-19)10-15(23)27-11(2)16(24)13-9-20-14-8-6-5-7-12(13)14/h5-9,11,20H,4,10H2,1-3H3,(H,21,26)/t11-,19-/m0/s1. The summed E-state index contributed by atoms with van der Waals surface area (Å²) in [4.78, 5) is 52.9. The minimum absolute atomic E-state index is 0.364. The molecule has 3 amide bonds. The van der Waals surface area contributed by atoms with E-state index in [0.29, 0.717) is 12.0 Å². The predicted octanol–water partition coefficient (Wildman–Crippen LogP) is 2.00. The zero-order chi connectivity index (χ0) is 19.8. The fourth-order valence-electron chi connectivity index (χ4n) is 3.04. The molecule has 2 atom stereocenters. The van der Waals surface area contributed by atoms with Crippen LogP contribution in [0.4, 0.5) is 4.79 Å². The number of aromatic amines is 1. The third-order valence-corrected chi connectivity index (χ3v) is 4.87. The summed E-state index contributed by atoms with van der Waals surface area (Å²) in [7, 11) is 0. The number of ether oxygens (including phenoxy) is 1. The van der Waals surface area contributed by atoms with E-state index >= 15 is 0 Å². The summed E-state index contributed by atoms with van der Waals surface area (Å²) in [6.07, 6.45) is 0.926. The van der Waals surface area contributed by atoms with Crippen LogP contribution < -0.4 is 5.32 Å².